The molecule has 0 aliphatic heterocycles. The Hall–Kier alpha value is 0.270. The van der Waals surface area contributed by atoms with Crippen LogP contribution in [0, 0.1) is 0 Å². The molecule has 0 aromatic rings. The molecular formula is C28H60N2S. The summed E-state index contributed by atoms with van der Waals surface area (Å²) in [5, 5.41) is 0. The molecule has 0 bridgehead atoms. The summed E-state index contributed by atoms with van der Waals surface area (Å²) >= 11 is 1.96. The molecule has 0 atom stereocenters. The Morgan fingerprint density at radius 1 is 0.452 bits per heavy atom. The summed E-state index contributed by atoms with van der Waals surface area (Å²) in [6.07, 6.45) is 34.1. The zero-order valence-corrected chi connectivity index (χ0v) is 22.4. The highest BCUT2D eigenvalue weighted by Gasteiger charge is 1.96. The molecule has 31 heavy (non-hydrogen) atoms. The maximum absolute atomic E-state index is 5.53. The molecule has 0 aromatic heterocycles. The van der Waals surface area contributed by atoms with Crippen molar-refractivity contribution in [2.45, 2.75) is 161 Å². The molecule has 0 amide bonds. The quantitative estimate of drug-likeness (QED) is 0.0908. The molecule has 2 nitrogen and oxygen atoms in total. The molecule has 0 heterocycles. The first-order chi connectivity index (χ1) is 15.4. The van der Waals surface area contributed by atoms with E-state index in [0.29, 0.717) is 0 Å². The fourth-order valence-corrected chi connectivity index (χ4v) is 5.05. The van der Waals surface area contributed by atoms with Crippen molar-refractivity contribution in [2.75, 3.05) is 18.8 Å². The molecule has 0 aliphatic carbocycles. The lowest BCUT2D eigenvalue weighted by atomic mass is 10.0. The van der Waals surface area contributed by atoms with E-state index in [-0.39, 0.29) is 0 Å². The smallest absolute Gasteiger partial charge is 0.00786 e. The first-order valence-corrected chi connectivity index (χ1v) is 15.4. The van der Waals surface area contributed by atoms with E-state index in [1.54, 1.807) is 0 Å². The minimum absolute atomic E-state index is 0.867. The summed E-state index contributed by atoms with van der Waals surface area (Å²) < 4.78 is 3.57. The average Bonchev–Trinajstić information content (AvgIpc) is 2.78. The molecular weight excluding hydrogens is 396 g/mol. The van der Waals surface area contributed by atoms with Gasteiger partial charge in [-0.2, -0.15) is 0 Å². The Morgan fingerprint density at radius 3 is 1.23 bits per heavy atom. The molecule has 0 saturated carbocycles. The number of hydrogen-bond donors (Lipinski definition) is 2. The van der Waals surface area contributed by atoms with Crippen molar-refractivity contribution in [1.29, 1.82) is 0 Å². The van der Waals surface area contributed by atoms with Crippen LogP contribution in [0.4, 0.5) is 0 Å². The van der Waals surface area contributed by atoms with Crippen LogP contribution in [0.3, 0.4) is 0 Å². The second-order valence-corrected chi connectivity index (χ2v) is 10.6. The predicted octanol–water partition coefficient (Wildman–Crippen LogP) is 9.57. The second kappa shape index (κ2) is 30.3. The minimum atomic E-state index is 0.867. The van der Waals surface area contributed by atoms with Crippen molar-refractivity contribution < 1.29 is 0 Å². The summed E-state index contributed by atoms with van der Waals surface area (Å²) in [6.45, 7) is 4.36. The normalized spacial score (nSPS) is 11.4. The van der Waals surface area contributed by atoms with Crippen molar-refractivity contribution in [2.24, 2.45) is 5.73 Å². The molecule has 0 unspecified atom stereocenters. The molecule has 0 saturated heterocycles. The number of rotatable bonds is 28. The van der Waals surface area contributed by atoms with Gasteiger partial charge in [-0.1, -0.05) is 154 Å². The summed E-state index contributed by atoms with van der Waals surface area (Å²) in [5.41, 5.74) is 5.53. The van der Waals surface area contributed by atoms with Crippen molar-refractivity contribution in [1.82, 2.24) is 4.72 Å². The highest BCUT2D eigenvalue weighted by molar-refractivity contribution is 7.97. The fourth-order valence-electron chi connectivity index (χ4n) is 4.27. The van der Waals surface area contributed by atoms with Gasteiger partial charge in [0, 0.05) is 12.3 Å². The molecule has 0 rings (SSSR count). The van der Waals surface area contributed by atoms with E-state index in [1.165, 1.54) is 166 Å². The van der Waals surface area contributed by atoms with Crippen LogP contribution in [0.1, 0.15) is 161 Å². The molecule has 3 heteroatoms. The Labute approximate surface area is 202 Å². The van der Waals surface area contributed by atoms with Gasteiger partial charge in [0.25, 0.3) is 0 Å². The van der Waals surface area contributed by atoms with Gasteiger partial charge in [0.15, 0.2) is 0 Å². The summed E-state index contributed by atoms with van der Waals surface area (Å²) in [7, 11) is 0. The number of unbranched alkanes of at least 4 members (excludes halogenated alkanes) is 22. The summed E-state index contributed by atoms with van der Waals surface area (Å²) in [5.74, 6) is 1.29. The van der Waals surface area contributed by atoms with Crippen LogP contribution in [0.2, 0.25) is 0 Å². The van der Waals surface area contributed by atoms with Crippen LogP contribution in [-0.4, -0.2) is 18.8 Å². The third-order valence-corrected chi connectivity index (χ3v) is 7.34. The maximum atomic E-state index is 5.53. The lowest BCUT2D eigenvalue weighted by Gasteiger charge is -2.05. The zero-order chi connectivity index (χ0) is 22.5. The first kappa shape index (κ1) is 31.3. The van der Waals surface area contributed by atoms with Gasteiger partial charge in [-0.25, -0.2) is 0 Å². The number of nitrogens with two attached hydrogens (primary N) is 1. The van der Waals surface area contributed by atoms with E-state index < -0.39 is 0 Å². The first-order valence-electron chi connectivity index (χ1n) is 14.5. The van der Waals surface area contributed by atoms with Crippen LogP contribution < -0.4 is 10.5 Å². The molecule has 0 aliphatic rings. The topological polar surface area (TPSA) is 38.0 Å². The molecule has 0 fully saturated rings. The highest BCUT2D eigenvalue weighted by atomic mass is 32.2. The number of hydrogen-bond acceptors (Lipinski definition) is 3. The molecule has 3 N–H and O–H groups in total. The van der Waals surface area contributed by atoms with Crippen LogP contribution >= 0.6 is 11.9 Å². The van der Waals surface area contributed by atoms with Crippen LogP contribution in [0.25, 0.3) is 0 Å². The van der Waals surface area contributed by atoms with Gasteiger partial charge >= 0.3 is 0 Å². The Bertz CT molecular complexity index is 271. The highest BCUT2D eigenvalue weighted by Crippen LogP contribution is 2.14. The molecule has 0 radical (unpaired) electrons. The average molecular weight is 457 g/mol. The predicted molar refractivity (Wildman–Crippen MR) is 146 cm³/mol. The molecule has 188 valence electrons. The Kier molecular flexibility index (Phi) is 30.5. The van der Waals surface area contributed by atoms with Gasteiger partial charge in [0.2, 0.25) is 0 Å². The van der Waals surface area contributed by atoms with E-state index in [0.717, 1.165) is 6.54 Å². The molecule has 0 aromatic carbocycles. The van der Waals surface area contributed by atoms with Gasteiger partial charge in [0.1, 0.15) is 0 Å². The second-order valence-electron chi connectivity index (χ2n) is 9.66. The SMILES string of the molecule is CCCCCCCCCCCCCCCCSNCCCCCCCCCCCCN. The van der Waals surface area contributed by atoms with Gasteiger partial charge in [-0.3, -0.25) is 4.72 Å². The van der Waals surface area contributed by atoms with Gasteiger partial charge < -0.3 is 5.73 Å². The lowest BCUT2D eigenvalue weighted by molar-refractivity contribution is 0.538. The van der Waals surface area contributed by atoms with E-state index in [2.05, 4.69) is 11.6 Å². The van der Waals surface area contributed by atoms with E-state index in [4.69, 9.17) is 5.73 Å². The Balaban J connectivity index is 2.98. The third-order valence-electron chi connectivity index (χ3n) is 6.43. The zero-order valence-electron chi connectivity index (χ0n) is 21.6. The van der Waals surface area contributed by atoms with Crippen LogP contribution in [0.15, 0.2) is 0 Å². The standard InChI is InChI=1S/C28H60N2S/c1-2-3-4-5-6-7-8-9-10-13-16-19-22-25-28-31-30-27-24-21-18-15-12-11-14-17-20-23-26-29/h30H,2-29H2,1H3. The maximum Gasteiger partial charge on any atom is 0.00786 e. The van der Waals surface area contributed by atoms with Crippen molar-refractivity contribution in [3.8, 4) is 0 Å². The van der Waals surface area contributed by atoms with Gasteiger partial charge in [-0.05, 0) is 25.8 Å². The van der Waals surface area contributed by atoms with Gasteiger partial charge in [-0.15, -0.1) is 0 Å². The van der Waals surface area contributed by atoms with Gasteiger partial charge in [0.05, 0.1) is 0 Å². The van der Waals surface area contributed by atoms with E-state index >= 15 is 0 Å². The van der Waals surface area contributed by atoms with E-state index in [9.17, 15) is 0 Å². The summed E-state index contributed by atoms with van der Waals surface area (Å²) in [4.78, 5) is 0. The van der Waals surface area contributed by atoms with Crippen molar-refractivity contribution in [3.63, 3.8) is 0 Å². The minimum Gasteiger partial charge on any atom is -0.330 e. The van der Waals surface area contributed by atoms with E-state index in [1.807, 2.05) is 11.9 Å². The van der Waals surface area contributed by atoms with Crippen LogP contribution in [-0.2, 0) is 0 Å². The largest absolute Gasteiger partial charge is 0.330 e. The summed E-state index contributed by atoms with van der Waals surface area (Å²) in [6, 6.07) is 0. The van der Waals surface area contributed by atoms with Crippen molar-refractivity contribution >= 4 is 11.9 Å². The van der Waals surface area contributed by atoms with Crippen molar-refractivity contribution in [3.05, 3.63) is 0 Å². The lowest BCUT2D eigenvalue weighted by Crippen LogP contribution is -2.06. The molecule has 0 spiro atoms. The number of nitrogens with one attached hydrogen (secondary N) is 1. The third kappa shape index (κ3) is 30.3. The van der Waals surface area contributed by atoms with Crippen LogP contribution in [0.5, 0.6) is 0 Å². The Morgan fingerprint density at radius 2 is 0.806 bits per heavy atom. The fraction of sp³-hybridized carbons (Fsp3) is 1.00. The monoisotopic (exact) mass is 456 g/mol.